The molecule has 172 valence electrons. The molecule has 6 nitrogen and oxygen atoms in total. The number of carbonyl (C=O) groups excluding carboxylic acids is 1. The molecule has 0 unspecified atom stereocenters. The summed E-state index contributed by atoms with van der Waals surface area (Å²) in [6.07, 6.45) is 3.29. The molecule has 0 radical (unpaired) electrons. The number of halogens is 2. The summed E-state index contributed by atoms with van der Waals surface area (Å²) in [4.78, 5) is 11.2. The maximum atomic E-state index is 11.2. The summed E-state index contributed by atoms with van der Waals surface area (Å²) in [5.74, 6) is 1.02. The standard InChI is InChI=1S/C24H27Cl2NO5/c1-5-8-17-20(10-9-16-19(6-2)27-32-24(16)17)29-11-7-12-30-23-14(3)22(26)21(13-18(23)25)31-15(4)28/h9-10,13H,5-8,11-12H2,1-4H3. The number of esters is 1. The number of hydrogen-bond acceptors (Lipinski definition) is 6. The lowest BCUT2D eigenvalue weighted by atomic mass is 10.0. The van der Waals surface area contributed by atoms with Crippen LogP contribution in [0.25, 0.3) is 11.0 Å². The van der Waals surface area contributed by atoms with Crippen LogP contribution in [0.15, 0.2) is 22.7 Å². The van der Waals surface area contributed by atoms with E-state index in [-0.39, 0.29) is 5.75 Å². The predicted octanol–water partition coefficient (Wildman–Crippen LogP) is 6.73. The summed E-state index contributed by atoms with van der Waals surface area (Å²) in [7, 11) is 0. The van der Waals surface area contributed by atoms with E-state index in [9.17, 15) is 4.79 Å². The van der Waals surface area contributed by atoms with E-state index < -0.39 is 5.97 Å². The average molecular weight is 480 g/mol. The Balaban J connectivity index is 1.63. The maximum Gasteiger partial charge on any atom is 0.308 e. The first-order valence-electron chi connectivity index (χ1n) is 10.7. The van der Waals surface area contributed by atoms with Crippen molar-refractivity contribution in [2.24, 2.45) is 0 Å². The van der Waals surface area contributed by atoms with E-state index in [2.05, 4.69) is 19.0 Å². The second-order valence-electron chi connectivity index (χ2n) is 7.42. The van der Waals surface area contributed by atoms with Crippen molar-refractivity contribution in [2.45, 2.75) is 53.4 Å². The Morgan fingerprint density at radius 1 is 1.12 bits per heavy atom. The van der Waals surface area contributed by atoms with Gasteiger partial charge in [0, 0.05) is 35.9 Å². The Hall–Kier alpha value is -2.44. The van der Waals surface area contributed by atoms with Crippen LogP contribution in [0.1, 0.15) is 50.4 Å². The lowest BCUT2D eigenvalue weighted by Crippen LogP contribution is -2.08. The first-order chi connectivity index (χ1) is 15.4. The maximum absolute atomic E-state index is 11.2. The van der Waals surface area contributed by atoms with Crippen molar-refractivity contribution in [3.8, 4) is 17.2 Å². The largest absolute Gasteiger partial charge is 0.493 e. The van der Waals surface area contributed by atoms with E-state index in [0.29, 0.717) is 41.0 Å². The van der Waals surface area contributed by atoms with Crippen LogP contribution in [0.4, 0.5) is 0 Å². The molecule has 3 rings (SSSR count). The molecule has 0 amide bonds. The van der Waals surface area contributed by atoms with Gasteiger partial charge in [0.1, 0.15) is 11.5 Å². The molecule has 0 atom stereocenters. The summed E-state index contributed by atoms with van der Waals surface area (Å²) in [6, 6.07) is 5.48. The number of aromatic nitrogens is 1. The fraction of sp³-hybridized carbons (Fsp3) is 0.417. The van der Waals surface area contributed by atoms with E-state index in [4.69, 9.17) is 41.9 Å². The van der Waals surface area contributed by atoms with Gasteiger partial charge in [0.2, 0.25) is 0 Å². The Morgan fingerprint density at radius 2 is 1.88 bits per heavy atom. The third-order valence-corrected chi connectivity index (χ3v) is 5.77. The van der Waals surface area contributed by atoms with Gasteiger partial charge < -0.3 is 18.7 Å². The minimum Gasteiger partial charge on any atom is -0.493 e. The average Bonchev–Trinajstić information content (AvgIpc) is 3.18. The zero-order chi connectivity index (χ0) is 23.3. The normalized spacial score (nSPS) is 11.1. The van der Waals surface area contributed by atoms with Crippen LogP contribution < -0.4 is 14.2 Å². The van der Waals surface area contributed by atoms with Crippen LogP contribution in [0.2, 0.25) is 10.0 Å². The van der Waals surface area contributed by atoms with E-state index in [1.807, 2.05) is 12.1 Å². The monoisotopic (exact) mass is 479 g/mol. The minimum absolute atomic E-state index is 0.217. The van der Waals surface area contributed by atoms with E-state index in [1.54, 1.807) is 6.92 Å². The zero-order valence-corrected chi connectivity index (χ0v) is 20.2. The highest BCUT2D eigenvalue weighted by Gasteiger charge is 2.17. The molecular formula is C24H27Cl2NO5. The van der Waals surface area contributed by atoms with Crippen molar-refractivity contribution in [3.05, 3.63) is 45.1 Å². The van der Waals surface area contributed by atoms with Gasteiger partial charge in [-0.15, -0.1) is 0 Å². The van der Waals surface area contributed by atoms with Gasteiger partial charge in [0.15, 0.2) is 11.3 Å². The fourth-order valence-corrected chi connectivity index (χ4v) is 3.97. The number of hydrogen-bond donors (Lipinski definition) is 0. The van der Waals surface area contributed by atoms with Crippen molar-refractivity contribution in [1.82, 2.24) is 5.16 Å². The second kappa shape index (κ2) is 10.9. The molecule has 0 saturated heterocycles. The van der Waals surface area contributed by atoms with Gasteiger partial charge in [-0.1, -0.05) is 48.6 Å². The summed E-state index contributed by atoms with van der Waals surface area (Å²) in [6.45, 7) is 8.11. The molecule has 1 aromatic heterocycles. The molecule has 0 spiro atoms. The van der Waals surface area contributed by atoms with Crippen molar-refractivity contribution < 1.29 is 23.5 Å². The summed E-state index contributed by atoms with van der Waals surface area (Å²) in [5.41, 5.74) is 3.43. The van der Waals surface area contributed by atoms with Crippen LogP contribution in [0.3, 0.4) is 0 Å². The van der Waals surface area contributed by atoms with Gasteiger partial charge in [-0.25, -0.2) is 0 Å². The number of fused-ring (bicyclic) bond motifs is 1. The van der Waals surface area contributed by atoms with Gasteiger partial charge >= 0.3 is 5.97 Å². The van der Waals surface area contributed by atoms with Gasteiger partial charge in [-0.3, -0.25) is 4.79 Å². The molecule has 0 fully saturated rings. The van der Waals surface area contributed by atoms with Crippen molar-refractivity contribution in [1.29, 1.82) is 0 Å². The molecule has 0 bridgehead atoms. The number of rotatable bonds is 10. The van der Waals surface area contributed by atoms with Crippen LogP contribution in [-0.4, -0.2) is 24.3 Å². The smallest absolute Gasteiger partial charge is 0.308 e. The lowest BCUT2D eigenvalue weighted by Gasteiger charge is -2.15. The zero-order valence-electron chi connectivity index (χ0n) is 18.7. The van der Waals surface area contributed by atoms with Crippen molar-refractivity contribution >= 4 is 40.1 Å². The molecule has 32 heavy (non-hydrogen) atoms. The topological polar surface area (TPSA) is 70.8 Å². The SMILES string of the molecule is CCCc1c(OCCCOc2c(Cl)cc(OC(C)=O)c(Cl)c2C)ccc2c(CC)noc12. The van der Waals surface area contributed by atoms with E-state index in [0.717, 1.165) is 47.2 Å². The van der Waals surface area contributed by atoms with Crippen molar-refractivity contribution in [2.75, 3.05) is 13.2 Å². The number of aryl methyl sites for hydroxylation is 2. The second-order valence-corrected chi connectivity index (χ2v) is 8.21. The number of ether oxygens (including phenoxy) is 3. The van der Waals surface area contributed by atoms with Crippen LogP contribution >= 0.6 is 23.2 Å². The molecule has 1 heterocycles. The number of nitrogens with zero attached hydrogens (tertiary/aromatic N) is 1. The molecule has 8 heteroatoms. The van der Waals surface area contributed by atoms with Gasteiger partial charge in [0.05, 0.1) is 29.0 Å². The lowest BCUT2D eigenvalue weighted by molar-refractivity contribution is -0.131. The molecule has 2 aromatic carbocycles. The number of benzene rings is 2. The first kappa shape index (κ1) is 24.2. The fourth-order valence-electron chi connectivity index (χ4n) is 3.50. The van der Waals surface area contributed by atoms with Crippen molar-refractivity contribution in [3.63, 3.8) is 0 Å². The van der Waals surface area contributed by atoms with Gasteiger partial charge in [0.25, 0.3) is 0 Å². The van der Waals surface area contributed by atoms with Gasteiger partial charge in [-0.2, -0.15) is 0 Å². The molecular weight excluding hydrogens is 453 g/mol. The Labute approximate surface area is 197 Å². The molecule has 0 N–H and O–H groups in total. The summed E-state index contributed by atoms with van der Waals surface area (Å²) < 4.78 is 22.6. The third-order valence-electron chi connectivity index (χ3n) is 5.02. The highest BCUT2D eigenvalue weighted by Crippen LogP contribution is 2.40. The summed E-state index contributed by atoms with van der Waals surface area (Å²) >= 11 is 12.6. The van der Waals surface area contributed by atoms with Gasteiger partial charge in [-0.05, 0) is 31.9 Å². The highest BCUT2D eigenvalue weighted by atomic mass is 35.5. The molecule has 0 aliphatic heterocycles. The Bertz CT molecular complexity index is 1110. The summed E-state index contributed by atoms with van der Waals surface area (Å²) in [5, 5.41) is 5.86. The molecule has 0 aliphatic rings. The van der Waals surface area contributed by atoms with Crippen LogP contribution in [0.5, 0.6) is 17.2 Å². The first-order valence-corrected chi connectivity index (χ1v) is 11.5. The Kier molecular flexibility index (Phi) is 8.26. The minimum atomic E-state index is -0.468. The highest BCUT2D eigenvalue weighted by molar-refractivity contribution is 6.36. The number of carbonyl (C=O) groups is 1. The molecule has 0 saturated carbocycles. The molecule has 3 aromatic rings. The Morgan fingerprint density at radius 3 is 2.56 bits per heavy atom. The van der Waals surface area contributed by atoms with Crippen LogP contribution in [-0.2, 0) is 17.6 Å². The quantitative estimate of drug-likeness (QED) is 0.182. The van der Waals surface area contributed by atoms with E-state index >= 15 is 0 Å². The third kappa shape index (κ3) is 5.30. The van der Waals surface area contributed by atoms with Crippen LogP contribution in [0, 0.1) is 6.92 Å². The molecule has 0 aliphatic carbocycles. The predicted molar refractivity (Wildman–Crippen MR) is 125 cm³/mol. The van der Waals surface area contributed by atoms with E-state index in [1.165, 1.54) is 13.0 Å².